The van der Waals surface area contributed by atoms with Crippen LogP contribution in [0.4, 0.5) is 5.69 Å². The molecule has 0 bridgehead atoms. The molecule has 1 aliphatic heterocycles. The second-order valence-corrected chi connectivity index (χ2v) is 4.16. The zero-order valence-corrected chi connectivity index (χ0v) is 9.23. The van der Waals surface area contributed by atoms with E-state index in [9.17, 15) is 4.79 Å². The topological polar surface area (TPSA) is 72.3 Å². The number of anilines is 1. The van der Waals surface area contributed by atoms with E-state index in [0.29, 0.717) is 6.42 Å². The van der Waals surface area contributed by atoms with Gasteiger partial charge in [-0.05, 0) is 24.5 Å². The van der Waals surface area contributed by atoms with Crippen LogP contribution in [0.5, 0.6) is 0 Å². The molecular formula is C12H17N3O. The summed E-state index contributed by atoms with van der Waals surface area (Å²) < 4.78 is 0. The van der Waals surface area contributed by atoms with E-state index < -0.39 is 11.9 Å². The van der Waals surface area contributed by atoms with Crippen LogP contribution in [0.3, 0.4) is 0 Å². The molecule has 0 fully saturated rings. The van der Waals surface area contributed by atoms with E-state index in [1.165, 1.54) is 11.3 Å². The van der Waals surface area contributed by atoms with Gasteiger partial charge in [-0.2, -0.15) is 0 Å². The molecule has 16 heavy (non-hydrogen) atoms. The number of benzene rings is 1. The third-order valence-electron chi connectivity index (χ3n) is 3.06. The lowest BCUT2D eigenvalue weighted by Crippen LogP contribution is -2.39. The van der Waals surface area contributed by atoms with Gasteiger partial charge in [0.2, 0.25) is 5.91 Å². The van der Waals surface area contributed by atoms with Gasteiger partial charge in [0.05, 0.1) is 6.04 Å². The number of nitrogens with two attached hydrogens (primary N) is 2. The number of para-hydroxylation sites is 1. The van der Waals surface area contributed by atoms with Gasteiger partial charge in [-0.25, -0.2) is 0 Å². The molecule has 1 aliphatic rings. The predicted molar refractivity (Wildman–Crippen MR) is 64.1 cm³/mol. The van der Waals surface area contributed by atoms with Crippen LogP contribution in [-0.2, 0) is 11.2 Å². The summed E-state index contributed by atoms with van der Waals surface area (Å²) >= 11 is 0. The smallest absolute Gasteiger partial charge is 0.234 e. The Morgan fingerprint density at radius 2 is 2.19 bits per heavy atom. The normalized spacial score (nSPS) is 15.9. The molecule has 1 amide bonds. The van der Waals surface area contributed by atoms with E-state index in [1.54, 1.807) is 0 Å². The Bertz CT molecular complexity index is 392. The minimum Gasteiger partial charge on any atom is -0.371 e. The van der Waals surface area contributed by atoms with E-state index in [2.05, 4.69) is 23.1 Å². The first-order valence-electron chi connectivity index (χ1n) is 5.56. The van der Waals surface area contributed by atoms with Crippen molar-refractivity contribution in [1.82, 2.24) is 0 Å². The number of carbonyl (C=O) groups is 1. The maximum Gasteiger partial charge on any atom is 0.234 e. The molecule has 1 unspecified atom stereocenters. The number of amides is 1. The highest BCUT2D eigenvalue weighted by molar-refractivity contribution is 5.79. The zero-order chi connectivity index (χ0) is 11.5. The van der Waals surface area contributed by atoms with Crippen molar-refractivity contribution in [2.75, 3.05) is 18.0 Å². The van der Waals surface area contributed by atoms with Gasteiger partial charge in [-0.1, -0.05) is 18.2 Å². The molecule has 0 aromatic heterocycles. The lowest BCUT2D eigenvalue weighted by Gasteiger charge is -2.20. The maximum atomic E-state index is 10.8. The van der Waals surface area contributed by atoms with Gasteiger partial charge in [-0.3, -0.25) is 4.79 Å². The summed E-state index contributed by atoms with van der Waals surface area (Å²) in [5.74, 6) is -0.424. The van der Waals surface area contributed by atoms with Crippen molar-refractivity contribution in [3.05, 3.63) is 29.8 Å². The molecule has 1 aromatic carbocycles. The maximum absolute atomic E-state index is 10.8. The Hall–Kier alpha value is -1.55. The Morgan fingerprint density at radius 3 is 2.94 bits per heavy atom. The fourth-order valence-electron chi connectivity index (χ4n) is 2.08. The minimum absolute atomic E-state index is 0.424. The lowest BCUT2D eigenvalue weighted by atomic mass is 10.1. The number of carbonyl (C=O) groups excluding carboxylic acids is 1. The van der Waals surface area contributed by atoms with Gasteiger partial charge >= 0.3 is 0 Å². The summed E-state index contributed by atoms with van der Waals surface area (Å²) in [6.07, 6.45) is 1.69. The van der Waals surface area contributed by atoms with E-state index in [-0.39, 0.29) is 0 Å². The minimum atomic E-state index is -0.534. The summed E-state index contributed by atoms with van der Waals surface area (Å²) in [6.45, 7) is 1.80. The van der Waals surface area contributed by atoms with Gasteiger partial charge in [-0.15, -0.1) is 0 Å². The second-order valence-electron chi connectivity index (χ2n) is 4.16. The molecule has 2 rings (SSSR count). The van der Waals surface area contributed by atoms with Gasteiger partial charge in [0.25, 0.3) is 0 Å². The molecule has 4 heteroatoms. The Morgan fingerprint density at radius 1 is 1.44 bits per heavy atom. The molecule has 1 atom stereocenters. The highest BCUT2D eigenvalue weighted by atomic mass is 16.1. The highest BCUT2D eigenvalue weighted by Crippen LogP contribution is 2.27. The van der Waals surface area contributed by atoms with Crippen molar-refractivity contribution in [3.63, 3.8) is 0 Å². The van der Waals surface area contributed by atoms with Crippen LogP contribution in [0.1, 0.15) is 12.0 Å². The molecule has 0 aliphatic carbocycles. The van der Waals surface area contributed by atoms with Crippen molar-refractivity contribution in [1.29, 1.82) is 0 Å². The van der Waals surface area contributed by atoms with Crippen LogP contribution in [-0.4, -0.2) is 25.0 Å². The largest absolute Gasteiger partial charge is 0.371 e. The number of fused-ring (bicyclic) bond motifs is 1. The van der Waals surface area contributed by atoms with Crippen LogP contribution < -0.4 is 16.4 Å². The molecule has 1 aromatic rings. The Balaban J connectivity index is 1.96. The van der Waals surface area contributed by atoms with Crippen molar-refractivity contribution in [3.8, 4) is 0 Å². The summed E-state index contributed by atoms with van der Waals surface area (Å²) in [6, 6.07) is 7.80. The van der Waals surface area contributed by atoms with E-state index in [0.717, 1.165) is 19.5 Å². The Kier molecular flexibility index (Phi) is 3.10. The average molecular weight is 219 g/mol. The number of nitrogens with zero attached hydrogens (tertiary/aromatic N) is 1. The lowest BCUT2D eigenvalue weighted by molar-refractivity contribution is -0.119. The van der Waals surface area contributed by atoms with Gasteiger partial charge in [0.15, 0.2) is 0 Å². The molecule has 0 spiro atoms. The fraction of sp³-hybridized carbons (Fsp3) is 0.417. The van der Waals surface area contributed by atoms with E-state index >= 15 is 0 Å². The summed E-state index contributed by atoms with van der Waals surface area (Å²) in [7, 11) is 0. The van der Waals surface area contributed by atoms with E-state index in [4.69, 9.17) is 11.5 Å². The van der Waals surface area contributed by atoms with Crippen LogP contribution in [0.2, 0.25) is 0 Å². The predicted octanol–water partition coefficient (Wildman–Crippen LogP) is 0.252. The first-order chi connectivity index (χ1) is 7.68. The number of hydrogen-bond donors (Lipinski definition) is 2. The number of rotatable bonds is 4. The average Bonchev–Trinajstić information content (AvgIpc) is 2.69. The number of hydrogen-bond acceptors (Lipinski definition) is 3. The molecule has 4 nitrogen and oxygen atoms in total. The molecule has 86 valence electrons. The van der Waals surface area contributed by atoms with Crippen molar-refractivity contribution in [2.45, 2.75) is 18.9 Å². The van der Waals surface area contributed by atoms with Crippen molar-refractivity contribution < 1.29 is 4.79 Å². The summed E-state index contributed by atoms with van der Waals surface area (Å²) in [5, 5.41) is 0. The van der Waals surface area contributed by atoms with Gasteiger partial charge < -0.3 is 16.4 Å². The van der Waals surface area contributed by atoms with Crippen molar-refractivity contribution >= 4 is 11.6 Å². The fourth-order valence-corrected chi connectivity index (χ4v) is 2.08. The highest BCUT2D eigenvalue weighted by Gasteiger charge is 2.19. The standard InChI is InChI=1S/C12H17N3O/c13-10(12(14)16)6-8-15-7-5-9-3-1-2-4-11(9)15/h1-4,10H,5-8,13H2,(H2,14,16). The second kappa shape index (κ2) is 4.53. The first-order valence-corrected chi connectivity index (χ1v) is 5.56. The molecular weight excluding hydrogens is 202 g/mol. The van der Waals surface area contributed by atoms with Gasteiger partial charge in [0, 0.05) is 18.8 Å². The van der Waals surface area contributed by atoms with Crippen LogP contribution in [0.25, 0.3) is 0 Å². The molecule has 0 saturated carbocycles. The zero-order valence-electron chi connectivity index (χ0n) is 9.23. The molecule has 0 radical (unpaired) electrons. The van der Waals surface area contributed by atoms with Crippen LogP contribution >= 0.6 is 0 Å². The monoisotopic (exact) mass is 219 g/mol. The summed E-state index contributed by atoms with van der Waals surface area (Å²) in [4.78, 5) is 13.1. The molecule has 4 N–H and O–H groups in total. The molecule has 1 heterocycles. The third kappa shape index (κ3) is 2.17. The van der Waals surface area contributed by atoms with Crippen LogP contribution in [0.15, 0.2) is 24.3 Å². The quantitative estimate of drug-likeness (QED) is 0.762. The van der Waals surface area contributed by atoms with Crippen molar-refractivity contribution in [2.24, 2.45) is 11.5 Å². The number of primary amides is 1. The van der Waals surface area contributed by atoms with Crippen LogP contribution in [0, 0.1) is 0 Å². The third-order valence-corrected chi connectivity index (χ3v) is 3.06. The molecule has 0 saturated heterocycles. The van der Waals surface area contributed by atoms with E-state index in [1.807, 2.05) is 6.07 Å². The Labute approximate surface area is 95.2 Å². The SMILES string of the molecule is NC(=O)C(N)CCN1CCc2ccccc21. The first kappa shape index (κ1) is 11.0. The summed E-state index contributed by atoms with van der Waals surface area (Å²) in [5.41, 5.74) is 13.4. The van der Waals surface area contributed by atoms with Gasteiger partial charge in [0.1, 0.15) is 0 Å².